The summed E-state index contributed by atoms with van der Waals surface area (Å²) >= 11 is 0. The van der Waals surface area contributed by atoms with Gasteiger partial charge in [-0.1, -0.05) is 36.4 Å². The Kier molecular flexibility index (Phi) is 3.60. The number of hydrogen-bond acceptors (Lipinski definition) is 3. The van der Waals surface area contributed by atoms with Gasteiger partial charge in [-0.25, -0.2) is 0 Å². The van der Waals surface area contributed by atoms with Crippen LogP contribution < -0.4 is 4.90 Å². The lowest BCUT2D eigenvalue weighted by Crippen LogP contribution is -2.14. The quantitative estimate of drug-likeness (QED) is 0.805. The average Bonchev–Trinajstić information content (AvgIpc) is 3.22. The third-order valence-corrected chi connectivity index (χ3v) is 4.37. The molecule has 0 atom stereocenters. The van der Waals surface area contributed by atoms with Crippen molar-refractivity contribution in [3.05, 3.63) is 72.1 Å². The summed E-state index contributed by atoms with van der Waals surface area (Å²) in [5.74, 6) is 0. The van der Waals surface area contributed by atoms with Gasteiger partial charge in [0, 0.05) is 30.5 Å². The van der Waals surface area contributed by atoms with E-state index in [0.29, 0.717) is 6.54 Å². The summed E-state index contributed by atoms with van der Waals surface area (Å²) < 4.78 is 1.76. The predicted molar refractivity (Wildman–Crippen MR) is 91.1 cm³/mol. The van der Waals surface area contributed by atoms with Crippen molar-refractivity contribution in [2.24, 2.45) is 0 Å². The Balaban J connectivity index is 1.52. The molecule has 3 aromatic rings. The number of rotatable bonds is 4. The van der Waals surface area contributed by atoms with Crippen LogP contribution in [0.2, 0.25) is 0 Å². The minimum Gasteiger partial charge on any atom is -0.394 e. The number of fused-ring (bicyclic) bond motifs is 1. The highest BCUT2D eigenvalue weighted by Gasteiger charge is 2.18. The zero-order chi connectivity index (χ0) is 15.6. The first kappa shape index (κ1) is 14.0. The van der Waals surface area contributed by atoms with Crippen molar-refractivity contribution in [2.45, 2.75) is 19.6 Å². The lowest BCUT2D eigenvalue weighted by molar-refractivity contribution is 0.269. The Hall–Kier alpha value is -2.59. The average molecular weight is 305 g/mol. The summed E-state index contributed by atoms with van der Waals surface area (Å²) in [6, 6.07) is 17.2. The minimum absolute atomic E-state index is 0.107. The Morgan fingerprint density at radius 1 is 0.913 bits per heavy atom. The smallest absolute Gasteiger partial charge is 0.0641 e. The zero-order valence-electron chi connectivity index (χ0n) is 12.9. The van der Waals surface area contributed by atoms with E-state index in [-0.39, 0.29) is 6.61 Å². The number of hydrogen-bond donors (Lipinski definition) is 1. The molecule has 23 heavy (non-hydrogen) atoms. The lowest BCUT2D eigenvalue weighted by Gasteiger charge is -2.18. The number of aromatic nitrogens is 2. The molecule has 0 spiro atoms. The Morgan fingerprint density at radius 2 is 1.61 bits per heavy atom. The van der Waals surface area contributed by atoms with Crippen LogP contribution >= 0.6 is 0 Å². The molecule has 2 aromatic carbocycles. The highest BCUT2D eigenvalue weighted by molar-refractivity contribution is 5.65. The van der Waals surface area contributed by atoms with Crippen LogP contribution in [0, 0.1) is 0 Å². The fourth-order valence-electron chi connectivity index (χ4n) is 3.12. The first-order valence-corrected chi connectivity index (χ1v) is 7.89. The van der Waals surface area contributed by atoms with E-state index in [2.05, 4.69) is 58.5 Å². The van der Waals surface area contributed by atoms with E-state index in [1.54, 1.807) is 4.68 Å². The van der Waals surface area contributed by atoms with E-state index in [4.69, 9.17) is 5.11 Å². The molecule has 1 aliphatic rings. The van der Waals surface area contributed by atoms with Gasteiger partial charge >= 0.3 is 0 Å². The van der Waals surface area contributed by atoms with Gasteiger partial charge in [-0.2, -0.15) is 5.10 Å². The molecule has 0 amide bonds. The third kappa shape index (κ3) is 2.73. The van der Waals surface area contributed by atoms with Gasteiger partial charge in [0.15, 0.2) is 0 Å². The number of anilines is 1. The Bertz CT molecular complexity index is 782. The topological polar surface area (TPSA) is 41.3 Å². The molecule has 2 heterocycles. The van der Waals surface area contributed by atoms with Gasteiger partial charge in [0.05, 0.1) is 19.3 Å². The molecular formula is C19H19N3O. The maximum Gasteiger partial charge on any atom is 0.0641 e. The molecule has 0 unspecified atom stereocenters. The van der Waals surface area contributed by atoms with Crippen LogP contribution in [-0.4, -0.2) is 21.5 Å². The first-order chi connectivity index (χ1) is 11.3. The summed E-state index contributed by atoms with van der Waals surface area (Å²) in [6.07, 6.45) is 3.81. The van der Waals surface area contributed by atoms with Crippen LogP contribution in [0.15, 0.2) is 60.9 Å². The third-order valence-electron chi connectivity index (χ3n) is 4.37. The van der Waals surface area contributed by atoms with E-state index in [0.717, 1.165) is 24.2 Å². The Labute approximate surface area is 135 Å². The second-order valence-corrected chi connectivity index (χ2v) is 5.89. The summed E-state index contributed by atoms with van der Waals surface area (Å²) in [7, 11) is 0. The van der Waals surface area contributed by atoms with Crippen molar-refractivity contribution in [3.8, 4) is 11.1 Å². The van der Waals surface area contributed by atoms with Crippen LogP contribution in [0.1, 0.15) is 11.1 Å². The summed E-state index contributed by atoms with van der Waals surface area (Å²) in [5, 5.41) is 13.2. The van der Waals surface area contributed by atoms with Gasteiger partial charge in [-0.05, 0) is 28.8 Å². The Morgan fingerprint density at radius 3 is 2.26 bits per heavy atom. The van der Waals surface area contributed by atoms with Gasteiger partial charge in [0.2, 0.25) is 0 Å². The fourth-order valence-corrected chi connectivity index (χ4v) is 3.12. The zero-order valence-corrected chi connectivity index (χ0v) is 12.9. The van der Waals surface area contributed by atoms with E-state index < -0.39 is 0 Å². The summed E-state index contributed by atoms with van der Waals surface area (Å²) in [6.45, 7) is 2.59. The SMILES string of the molecule is OCCn1cc(-c2ccc(N3Cc4ccccc4C3)cc2)cn1. The molecule has 4 nitrogen and oxygen atoms in total. The molecule has 0 fully saturated rings. The molecule has 0 saturated heterocycles. The van der Waals surface area contributed by atoms with E-state index in [1.165, 1.54) is 16.8 Å². The van der Waals surface area contributed by atoms with Crippen molar-refractivity contribution < 1.29 is 5.11 Å². The van der Waals surface area contributed by atoms with Crippen LogP contribution in [0.4, 0.5) is 5.69 Å². The standard InChI is InChI=1S/C19H19N3O/c23-10-9-22-14-18(11-20-22)15-5-7-19(8-6-15)21-12-16-3-1-2-4-17(16)13-21/h1-8,11,14,23H,9-10,12-13H2. The van der Waals surface area contributed by atoms with Crippen LogP contribution in [0.25, 0.3) is 11.1 Å². The second kappa shape index (κ2) is 5.89. The van der Waals surface area contributed by atoms with Gasteiger partial charge in [-0.15, -0.1) is 0 Å². The van der Waals surface area contributed by atoms with Crippen molar-refractivity contribution in [3.63, 3.8) is 0 Å². The minimum atomic E-state index is 0.107. The molecule has 4 rings (SSSR count). The van der Waals surface area contributed by atoms with E-state index >= 15 is 0 Å². The largest absolute Gasteiger partial charge is 0.394 e. The predicted octanol–water partition coefficient (Wildman–Crippen LogP) is 3.06. The molecule has 0 bridgehead atoms. The summed E-state index contributed by atoms with van der Waals surface area (Å²) in [4.78, 5) is 2.39. The van der Waals surface area contributed by atoms with Gasteiger partial charge in [0.25, 0.3) is 0 Å². The summed E-state index contributed by atoms with van der Waals surface area (Å²) in [5.41, 5.74) is 6.31. The van der Waals surface area contributed by atoms with Crippen molar-refractivity contribution in [1.82, 2.24) is 9.78 Å². The van der Waals surface area contributed by atoms with Gasteiger partial charge < -0.3 is 10.0 Å². The normalized spacial score (nSPS) is 13.3. The maximum absolute atomic E-state index is 8.97. The van der Waals surface area contributed by atoms with Gasteiger partial charge in [-0.3, -0.25) is 4.68 Å². The van der Waals surface area contributed by atoms with Crippen LogP contribution in [0.3, 0.4) is 0 Å². The number of benzene rings is 2. The van der Waals surface area contributed by atoms with Gasteiger partial charge in [0.1, 0.15) is 0 Å². The van der Waals surface area contributed by atoms with E-state index in [9.17, 15) is 0 Å². The van der Waals surface area contributed by atoms with E-state index in [1.807, 2.05) is 12.4 Å². The van der Waals surface area contributed by atoms with Crippen molar-refractivity contribution >= 4 is 5.69 Å². The molecule has 0 saturated carbocycles. The molecule has 1 N–H and O–H groups in total. The fraction of sp³-hybridized carbons (Fsp3) is 0.211. The number of nitrogens with zero attached hydrogens (tertiary/aromatic N) is 3. The molecule has 4 heteroatoms. The van der Waals surface area contributed by atoms with Crippen molar-refractivity contribution in [1.29, 1.82) is 0 Å². The highest BCUT2D eigenvalue weighted by Crippen LogP contribution is 2.29. The maximum atomic E-state index is 8.97. The molecule has 0 aliphatic carbocycles. The molecule has 116 valence electrons. The van der Waals surface area contributed by atoms with Crippen molar-refractivity contribution in [2.75, 3.05) is 11.5 Å². The first-order valence-electron chi connectivity index (χ1n) is 7.89. The number of aliphatic hydroxyl groups excluding tert-OH is 1. The van der Waals surface area contributed by atoms with Crippen LogP contribution in [0.5, 0.6) is 0 Å². The number of aliphatic hydroxyl groups is 1. The molecule has 1 aromatic heterocycles. The molecule has 0 radical (unpaired) electrons. The highest BCUT2D eigenvalue weighted by atomic mass is 16.3. The lowest BCUT2D eigenvalue weighted by atomic mass is 10.1. The second-order valence-electron chi connectivity index (χ2n) is 5.89. The van der Waals surface area contributed by atoms with Crippen LogP contribution in [-0.2, 0) is 19.6 Å². The molecular weight excluding hydrogens is 286 g/mol. The molecule has 1 aliphatic heterocycles. The monoisotopic (exact) mass is 305 g/mol.